The molecule has 0 radical (unpaired) electrons. The summed E-state index contributed by atoms with van der Waals surface area (Å²) in [7, 11) is 3.76. The Bertz CT molecular complexity index is 2210. The number of rotatable bonds is 27. The fourth-order valence-electron chi connectivity index (χ4n) is 9.51. The third-order valence-corrected chi connectivity index (χ3v) is 13.3. The molecule has 7 N–H and O–H groups in total. The largest absolute Gasteiger partial charge is 1.00 e. The van der Waals surface area contributed by atoms with Crippen LogP contribution >= 0.6 is 0 Å². The first-order valence-corrected chi connectivity index (χ1v) is 24.1. The summed E-state index contributed by atoms with van der Waals surface area (Å²) in [6.45, 7) is 39.9. The number of fused-ring (bicyclic) bond motifs is 1. The van der Waals surface area contributed by atoms with Crippen LogP contribution in [-0.4, -0.2) is 72.1 Å². The standard InChI is InChI=1S/C56H85N8O.Na/c1-16-19-27-56(12,13)35-48-47-34-44(25-26-51(47)64(18-3)55(48)46-24-22-28-59-49(46)17-2)45-31-39(8)30-43(32-45)33-50(40(9)23-20-21-29-60-58)61-41(10)54(38(6)7)63(15)52(65)36-62(14)42(11)53(57)37(4)5;/h16-17,22,24-26,30-32,34,37-38,50,53-54,59-61H,1,9-11,18-21,23,27-29,33,35-36,57-58H2,2-8,12-15H3;/q-1;+1/t50?,53-,54?;/m1./s1. The number of nitrogens with two attached hydrogens (primary N) is 2. The van der Waals surface area contributed by atoms with Gasteiger partial charge in [-0.3, -0.25) is 16.1 Å². The maximum Gasteiger partial charge on any atom is 1.00 e. The second-order valence-corrected chi connectivity index (χ2v) is 19.9. The van der Waals surface area contributed by atoms with Gasteiger partial charge in [-0.1, -0.05) is 109 Å². The molecule has 10 heteroatoms. The van der Waals surface area contributed by atoms with Gasteiger partial charge in [-0.25, -0.2) is 6.42 Å². The van der Waals surface area contributed by atoms with Crippen LogP contribution in [0.25, 0.3) is 27.6 Å². The molecule has 0 aliphatic carbocycles. The smallest absolute Gasteiger partial charge is 0.413 e. The van der Waals surface area contributed by atoms with Gasteiger partial charge in [-0.2, -0.15) is 0 Å². The molecule has 1 aliphatic rings. The molecule has 1 amide bonds. The Hall–Kier alpha value is -3.96. The monoisotopic (exact) mass is 909 g/mol. The number of amides is 1. The van der Waals surface area contributed by atoms with Gasteiger partial charge in [0.05, 0.1) is 18.6 Å². The second-order valence-electron chi connectivity index (χ2n) is 19.9. The van der Waals surface area contributed by atoms with Gasteiger partial charge in [0.15, 0.2) is 0 Å². The number of benzene rings is 2. The van der Waals surface area contributed by atoms with E-state index in [9.17, 15) is 4.79 Å². The van der Waals surface area contributed by atoms with Crippen LogP contribution in [-0.2, 0) is 24.2 Å². The number of aromatic nitrogens is 1. The van der Waals surface area contributed by atoms with Gasteiger partial charge in [-0.15, -0.1) is 30.8 Å². The first-order chi connectivity index (χ1) is 30.8. The first kappa shape index (κ1) is 56.4. The summed E-state index contributed by atoms with van der Waals surface area (Å²) in [5.74, 6) is 5.93. The minimum atomic E-state index is -0.252. The molecule has 66 heavy (non-hydrogen) atoms. The van der Waals surface area contributed by atoms with Crippen LogP contribution < -0.4 is 57.2 Å². The van der Waals surface area contributed by atoms with Gasteiger partial charge in [0.25, 0.3) is 0 Å². The van der Waals surface area contributed by atoms with Crippen molar-refractivity contribution in [1.29, 1.82) is 0 Å². The van der Waals surface area contributed by atoms with Crippen molar-refractivity contribution in [2.24, 2.45) is 28.8 Å². The zero-order valence-corrected chi connectivity index (χ0v) is 45.2. The maximum absolute atomic E-state index is 13.9. The van der Waals surface area contributed by atoms with Crippen LogP contribution in [0.1, 0.15) is 110 Å². The normalized spacial score (nSPS) is 14.1. The molecule has 3 aromatic rings. The van der Waals surface area contributed by atoms with E-state index in [1.54, 1.807) is 0 Å². The van der Waals surface area contributed by atoms with E-state index >= 15 is 0 Å². The maximum atomic E-state index is 13.9. The van der Waals surface area contributed by atoms with E-state index < -0.39 is 0 Å². The number of hydrazine groups is 1. The number of carbonyl (C=O) groups excluding carboxylic acids is 1. The van der Waals surface area contributed by atoms with Crippen LogP contribution in [0.4, 0.5) is 0 Å². The summed E-state index contributed by atoms with van der Waals surface area (Å²) in [5.41, 5.74) is 23.1. The number of nitrogens with zero attached hydrogens (tertiary/aromatic N) is 3. The third kappa shape index (κ3) is 14.5. The molecule has 3 atom stereocenters. The molecule has 9 nitrogen and oxygen atoms in total. The summed E-state index contributed by atoms with van der Waals surface area (Å²) >= 11 is 0. The number of hydrogen-bond acceptors (Lipinski definition) is 7. The second kappa shape index (κ2) is 26.0. The number of allylic oxidation sites excluding steroid dienone is 4. The molecule has 0 saturated heterocycles. The molecule has 356 valence electrons. The van der Waals surface area contributed by atoms with Crippen molar-refractivity contribution in [2.75, 3.05) is 33.7 Å². The summed E-state index contributed by atoms with van der Waals surface area (Å²) in [4.78, 5) is 17.6. The molecule has 1 aliphatic heterocycles. The van der Waals surface area contributed by atoms with Crippen molar-refractivity contribution < 1.29 is 34.4 Å². The van der Waals surface area contributed by atoms with Gasteiger partial charge in [0.2, 0.25) is 5.91 Å². The number of carbonyl (C=O) groups is 1. The molecule has 0 spiro atoms. The van der Waals surface area contributed by atoms with Crippen LogP contribution in [0.3, 0.4) is 0 Å². The number of nitrogens with one attached hydrogen (secondary N) is 3. The summed E-state index contributed by atoms with van der Waals surface area (Å²) in [6.07, 6.45) is 15.3. The molecular weight excluding hydrogens is 824 g/mol. The Balaban J connectivity index is 0.0000116. The summed E-state index contributed by atoms with van der Waals surface area (Å²) in [5, 5.41) is 8.77. The molecule has 0 fully saturated rings. The summed E-state index contributed by atoms with van der Waals surface area (Å²) < 4.78 is 2.51. The topological polar surface area (TPSA) is 117 Å². The molecule has 2 aromatic carbocycles. The van der Waals surface area contributed by atoms with E-state index in [2.05, 4.69) is 164 Å². The Kier molecular flexibility index (Phi) is 22.2. The number of hydrogen-bond donors (Lipinski definition) is 5. The molecule has 2 unspecified atom stereocenters. The minimum Gasteiger partial charge on any atom is -0.413 e. The van der Waals surface area contributed by atoms with Gasteiger partial charge < -0.3 is 30.7 Å². The zero-order chi connectivity index (χ0) is 48.2. The summed E-state index contributed by atoms with van der Waals surface area (Å²) in [6, 6.07) is 13.4. The molecule has 1 aromatic heterocycles. The van der Waals surface area contributed by atoms with Crippen molar-refractivity contribution in [3.05, 3.63) is 132 Å². The van der Waals surface area contributed by atoms with Crippen molar-refractivity contribution in [2.45, 2.75) is 132 Å². The van der Waals surface area contributed by atoms with Gasteiger partial charge in [0.1, 0.15) is 0 Å². The van der Waals surface area contributed by atoms with E-state index in [0.29, 0.717) is 6.42 Å². The van der Waals surface area contributed by atoms with Crippen LogP contribution in [0, 0.1) is 30.6 Å². The first-order valence-electron chi connectivity index (χ1n) is 24.1. The Morgan fingerprint density at radius 1 is 1.05 bits per heavy atom. The van der Waals surface area contributed by atoms with Crippen molar-refractivity contribution in [3.8, 4) is 11.1 Å². The van der Waals surface area contributed by atoms with E-state index in [1.807, 2.05) is 30.0 Å². The average molecular weight is 909 g/mol. The minimum absolute atomic E-state index is 0. The number of unbranched alkanes of at least 4 members (excludes halogenated alkanes) is 1. The predicted molar refractivity (Wildman–Crippen MR) is 280 cm³/mol. The van der Waals surface area contributed by atoms with Gasteiger partial charge in [0, 0.05) is 62.1 Å². The Labute approximate surface area is 422 Å². The number of likely N-dealkylation sites (N-methyl/N-ethyl adjacent to an activating group) is 2. The van der Waals surface area contributed by atoms with Crippen LogP contribution in [0.2, 0.25) is 0 Å². The predicted octanol–water partition coefficient (Wildman–Crippen LogP) is 7.39. The van der Waals surface area contributed by atoms with E-state index in [4.69, 9.17) is 11.6 Å². The molecule has 2 heterocycles. The Morgan fingerprint density at radius 3 is 2.38 bits per heavy atom. The van der Waals surface area contributed by atoms with E-state index in [0.717, 1.165) is 75.1 Å². The molecule has 0 saturated carbocycles. The van der Waals surface area contributed by atoms with Crippen LogP contribution in [0.15, 0.2) is 104 Å². The fraction of sp³-hybridized carbons (Fsp3) is 0.500. The number of aryl methyl sites for hydroxylation is 2. The quantitative estimate of drug-likeness (QED) is 0.0136. The fourth-order valence-corrected chi connectivity index (χ4v) is 9.51. The molecule has 0 bridgehead atoms. The SMILES string of the molecule is C=CCCC(C)(C)Cc1c(C2=C([CH-]C)NCC=C2)n(CC)c2ccc(-c3cc(C)cc(CC(NC(=C)C(C(C)C)N(C)C(=O)CN(C)C(=C)[C@H](N)C(C)C)C(=C)CCCCNN)c3)cc12.[Na+]. The van der Waals surface area contributed by atoms with Crippen molar-refractivity contribution >= 4 is 22.4 Å². The average Bonchev–Trinajstić information content (AvgIpc) is 3.56. The van der Waals surface area contributed by atoms with E-state index in [1.165, 1.54) is 55.7 Å². The van der Waals surface area contributed by atoms with E-state index in [-0.39, 0.29) is 77.4 Å². The van der Waals surface area contributed by atoms with Crippen molar-refractivity contribution in [3.63, 3.8) is 0 Å². The third-order valence-electron chi connectivity index (χ3n) is 13.3. The zero-order valence-electron chi connectivity index (χ0n) is 43.2. The van der Waals surface area contributed by atoms with Gasteiger partial charge >= 0.3 is 29.6 Å². The van der Waals surface area contributed by atoms with Crippen molar-refractivity contribution in [1.82, 2.24) is 30.4 Å². The van der Waals surface area contributed by atoms with Gasteiger partial charge in [-0.05, 0) is 116 Å². The molecule has 4 rings (SSSR count). The van der Waals surface area contributed by atoms with Crippen LogP contribution in [0.5, 0.6) is 0 Å². The molecular formula is C56H85N8NaO. The number of dihydropyridines is 1. The Morgan fingerprint density at radius 2 is 1.76 bits per heavy atom.